The second kappa shape index (κ2) is 3.30. The number of alkyl halides is 2. The smallest absolute Gasteiger partial charge is 0.271 e. The molecule has 0 aliphatic carbocycles. The van der Waals surface area contributed by atoms with Crippen molar-refractivity contribution in [3.05, 3.63) is 17.5 Å². The van der Waals surface area contributed by atoms with E-state index in [-0.39, 0.29) is 5.56 Å². The summed E-state index contributed by atoms with van der Waals surface area (Å²) >= 11 is 0. The van der Waals surface area contributed by atoms with Gasteiger partial charge in [0.1, 0.15) is 11.8 Å². The van der Waals surface area contributed by atoms with Crippen LogP contribution in [0.3, 0.4) is 0 Å². The van der Waals surface area contributed by atoms with Gasteiger partial charge in [0.15, 0.2) is 0 Å². The lowest BCUT2D eigenvalue weighted by Crippen LogP contribution is -1.95. The Morgan fingerprint density at radius 2 is 2.42 bits per heavy atom. The SMILES string of the molecule is CCn1cc(C#N)c(C(F)F)n1. The van der Waals surface area contributed by atoms with E-state index >= 15 is 0 Å². The van der Waals surface area contributed by atoms with Crippen LogP contribution in [-0.2, 0) is 6.54 Å². The zero-order chi connectivity index (χ0) is 9.14. The fraction of sp³-hybridized carbons (Fsp3) is 0.429. The fourth-order valence-corrected chi connectivity index (χ4v) is 0.846. The van der Waals surface area contributed by atoms with Gasteiger partial charge in [0.2, 0.25) is 0 Å². The number of nitriles is 1. The van der Waals surface area contributed by atoms with E-state index in [4.69, 9.17) is 5.26 Å². The molecule has 0 aromatic carbocycles. The van der Waals surface area contributed by atoms with Crippen LogP contribution in [0.15, 0.2) is 6.20 Å². The topological polar surface area (TPSA) is 41.6 Å². The van der Waals surface area contributed by atoms with Crippen LogP contribution in [0.2, 0.25) is 0 Å². The van der Waals surface area contributed by atoms with Gasteiger partial charge in [-0.3, -0.25) is 4.68 Å². The third kappa shape index (κ3) is 1.42. The van der Waals surface area contributed by atoms with Gasteiger partial charge in [-0.1, -0.05) is 0 Å². The summed E-state index contributed by atoms with van der Waals surface area (Å²) in [4.78, 5) is 0. The number of aromatic nitrogens is 2. The Morgan fingerprint density at radius 3 is 2.75 bits per heavy atom. The maximum atomic E-state index is 12.1. The lowest BCUT2D eigenvalue weighted by molar-refractivity contribution is 0.144. The van der Waals surface area contributed by atoms with Crippen LogP contribution >= 0.6 is 0 Å². The fourth-order valence-electron chi connectivity index (χ4n) is 0.846. The Kier molecular flexibility index (Phi) is 2.38. The molecule has 12 heavy (non-hydrogen) atoms. The number of hydrogen-bond donors (Lipinski definition) is 0. The van der Waals surface area contributed by atoms with Gasteiger partial charge in [0.25, 0.3) is 6.43 Å². The zero-order valence-electron chi connectivity index (χ0n) is 6.46. The summed E-state index contributed by atoms with van der Waals surface area (Å²) in [5.74, 6) is 0. The van der Waals surface area contributed by atoms with Crippen molar-refractivity contribution in [3.63, 3.8) is 0 Å². The van der Waals surface area contributed by atoms with Crippen molar-refractivity contribution in [2.24, 2.45) is 0 Å². The number of aryl methyl sites for hydroxylation is 1. The standard InChI is InChI=1S/C7H7F2N3/c1-2-12-4-5(3-10)6(11-12)7(8)9/h4,7H,2H2,1H3. The molecule has 1 rings (SSSR count). The minimum Gasteiger partial charge on any atom is -0.271 e. The summed E-state index contributed by atoms with van der Waals surface area (Å²) in [6.07, 6.45) is -1.35. The molecule has 0 aliphatic rings. The van der Waals surface area contributed by atoms with Crippen molar-refractivity contribution < 1.29 is 8.78 Å². The van der Waals surface area contributed by atoms with E-state index < -0.39 is 12.1 Å². The molecular weight excluding hydrogens is 164 g/mol. The van der Waals surface area contributed by atoms with Crippen molar-refractivity contribution >= 4 is 0 Å². The lowest BCUT2D eigenvalue weighted by Gasteiger charge is -1.92. The molecule has 3 nitrogen and oxygen atoms in total. The minimum atomic E-state index is -2.67. The number of nitrogens with zero attached hydrogens (tertiary/aromatic N) is 3. The zero-order valence-corrected chi connectivity index (χ0v) is 6.46. The highest BCUT2D eigenvalue weighted by Crippen LogP contribution is 2.20. The molecule has 1 aromatic rings. The Labute approximate surface area is 68.2 Å². The summed E-state index contributed by atoms with van der Waals surface area (Å²) in [7, 11) is 0. The third-order valence-electron chi connectivity index (χ3n) is 1.44. The molecule has 0 aliphatic heterocycles. The van der Waals surface area contributed by atoms with E-state index in [1.165, 1.54) is 10.9 Å². The first kappa shape index (κ1) is 8.65. The molecule has 0 unspecified atom stereocenters. The van der Waals surface area contributed by atoms with Gasteiger partial charge in [-0.2, -0.15) is 10.4 Å². The van der Waals surface area contributed by atoms with Gasteiger partial charge in [0, 0.05) is 12.7 Å². The van der Waals surface area contributed by atoms with Crippen molar-refractivity contribution in [2.45, 2.75) is 19.9 Å². The Bertz CT molecular complexity index is 311. The highest BCUT2D eigenvalue weighted by molar-refractivity contribution is 5.31. The van der Waals surface area contributed by atoms with Crippen LogP contribution in [0.25, 0.3) is 0 Å². The maximum Gasteiger partial charge on any atom is 0.283 e. The molecule has 5 heteroatoms. The van der Waals surface area contributed by atoms with E-state index in [2.05, 4.69) is 5.10 Å². The van der Waals surface area contributed by atoms with Crippen molar-refractivity contribution in [2.75, 3.05) is 0 Å². The molecule has 0 fully saturated rings. The van der Waals surface area contributed by atoms with Crippen LogP contribution in [-0.4, -0.2) is 9.78 Å². The largest absolute Gasteiger partial charge is 0.283 e. The van der Waals surface area contributed by atoms with Crippen LogP contribution in [0.5, 0.6) is 0 Å². The summed E-state index contributed by atoms with van der Waals surface area (Å²) < 4.78 is 25.6. The predicted molar refractivity (Wildman–Crippen MR) is 37.6 cm³/mol. The number of halogens is 2. The third-order valence-corrected chi connectivity index (χ3v) is 1.44. The van der Waals surface area contributed by atoms with E-state index in [1.807, 2.05) is 0 Å². The average molecular weight is 171 g/mol. The molecule has 0 radical (unpaired) electrons. The van der Waals surface area contributed by atoms with E-state index in [0.29, 0.717) is 6.54 Å². The Balaban J connectivity index is 3.10. The van der Waals surface area contributed by atoms with Crippen molar-refractivity contribution in [3.8, 4) is 6.07 Å². The van der Waals surface area contributed by atoms with E-state index in [9.17, 15) is 8.78 Å². The number of hydrogen-bond acceptors (Lipinski definition) is 2. The molecule has 0 N–H and O–H groups in total. The molecule has 0 saturated carbocycles. The molecule has 1 aromatic heterocycles. The highest BCUT2D eigenvalue weighted by atomic mass is 19.3. The van der Waals surface area contributed by atoms with Gasteiger partial charge >= 0.3 is 0 Å². The van der Waals surface area contributed by atoms with E-state index in [1.54, 1.807) is 13.0 Å². The summed E-state index contributed by atoms with van der Waals surface area (Å²) in [5.41, 5.74) is -0.480. The van der Waals surface area contributed by atoms with Crippen molar-refractivity contribution in [1.82, 2.24) is 9.78 Å². The Morgan fingerprint density at radius 1 is 1.75 bits per heavy atom. The number of rotatable bonds is 2. The average Bonchev–Trinajstić information content (AvgIpc) is 2.47. The van der Waals surface area contributed by atoms with Crippen molar-refractivity contribution in [1.29, 1.82) is 5.26 Å². The summed E-state index contributed by atoms with van der Waals surface area (Å²) in [5, 5.41) is 12.0. The molecule has 1 heterocycles. The normalized spacial score (nSPS) is 10.2. The van der Waals surface area contributed by atoms with Gasteiger partial charge < -0.3 is 0 Å². The van der Waals surface area contributed by atoms with Gasteiger partial charge in [-0.15, -0.1) is 0 Å². The van der Waals surface area contributed by atoms with Crippen LogP contribution in [0.4, 0.5) is 8.78 Å². The predicted octanol–water partition coefficient (Wildman–Crippen LogP) is 1.71. The quantitative estimate of drug-likeness (QED) is 0.679. The van der Waals surface area contributed by atoms with Crippen LogP contribution in [0.1, 0.15) is 24.6 Å². The van der Waals surface area contributed by atoms with Gasteiger partial charge in [-0.25, -0.2) is 8.78 Å². The molecule has 0 amide bonds. The first-order valence-electron chi connectivity index (χ1n) is 3.44. The first-order valence-corrected chi connectivity index (χ1v) is 3.44. The maximum absolute atomic E-state index is 12.1. The van der Waals surface area contributed by atoms with Crippen LogP contribution < -0.4 is 0 Å². The summed E-state index contributed by atoms with van der Waals surface area (Å²) in [6.45, 7) is 2.25. The van der Waals surface area contributed by atoms with Crippen LogP contribution in [0, 0.1) is 11.3 Å². The van der Waals surface area contributed by atoms with E-state index in [0.717, 1.165) is 0 Å². The molecule has 0 atom stereocenters. The molecular formula is C7H7F2N3. The second-order valence-electron chi connectivity index (χ2n) is 2.20. The lowest BCUT2D eigenvalue weighted by atomic mass is 10.3. The van der Waals surface area contributed by atoms with Gasteiger partial charge in [0.05, 0.1) is 5.56 Å². The second-order valence-corrected chi connectivity index (χ2v) is 2.20. The Hall–Kier alpha value is -1.44. The highest BCUT2D eigenvalue weighted by Gasteiger charge is 2.17. The monoisotopic (exact) mass is 171 g/mol. The minimum absolute atomic E-state index is 0.0492. The molecule has 0 spiro atoms. The molecule has 0 bridgehead atoms. The first-order chi connectivity index (χ1) is 5.69. The van der Waals surface area contributed by atoms with Gasteiger partial charge in [-0.05, 0) is 6.92 Å². The molecule has 0 saturated heterocycles. The molecule has 64 valence electrons. The summed E-state index contributed by atoms with van der Waals surface area (Å²) in [6, 6.07) is 1.67.